The number of hydrogen-bond donors (Lipinski definition) is 7. The molecule has 2 rings (SSSR count). The maximum atomic E-state index is 13.0. The van der Waals surface area contributed by atoms with E-state index in [2.05, 4.69) is 74.6 Å². The summed E-state index contributed by atoms with van der Waals surface area (Å²) in [6, 6.07) is 0. The van der Waals surface area contributed by atoms with Crippen molar-refractivity contribution in [2.75, 3.05) is 26.4 Å². The van der Waals surface area contributed by atoms with Crippen LogP contribution in [-0.4, -0.2) is 142 Å². The molecule has 0 aliphatic carbocycles. The highest BCUT2D eigenvalue weighted by atomic mass is 16.7. The second-order valence-electron chi connectivity index (χ2n) is 18.4. The molecular formula is C56H92O15. The van der Waals surface area contributed by atoms with Gasteiger partial charge in [-0.3, -0.25) is 9.59 Å². The number of ether oxygens (including phenoxy) is 6. The van der Waals surface area contributed by atoms with Gasteiger partial charge in [-0.15, -0.1) is 0 Å². The fourth-order valence-electron chi connectivity index (χ4n) is 7.85. The molecule has 15 heteroatoms. The third-order valence-corrected chi connectivity index (χ3v) is 12.2. The Hall–Kier alpha value is -3.32. The number of aliphatic hydroxyl groups is 7. The van der Waals surface area contributed by atoms with Gasteiger partial charge < -0.3 is 64.2 Å². The van der Waals surface area contributed by atoms with Crippen molar-refractivity contribution in [1.82, 2.24) is 0 Å². The average Bonchev–Trinajstić information content (AvgIpc) is 3.36. The fraction of sp³-hybridized carbons (Fsp3) is 0.714. The van der Waals surface area contributed by atoms with E-state index < -0.39 is 99.3 Å². The smallest absolute Gasteiger partial charge is 0.306 e. The largest absolute Gasteiger partial charge is 0.462 e. The summed E-state index contributed by atoms with van der Waals surface area (Å²) in [7, 11) is 0. The van der Waals surface area contributed by atoms with Crippen LogP contribution < -0.4 is 0 Å². The molecule has 0 aromatic carbocycles. The van der Waals surface area contributed by atoms with Crippen LogP contribution in [0.3, 0.4) is 0 Å². The van der Waals surface area contributed by atoms with Crippen LogP contribution in [0.5, 0.6) is 0 Å². The first-order valence-electron chi connectivity index (χ1n) is 26.7. The molecule has 5 unspecified atom stereocenters. The zero-order valence-corrected chi connectivity index (χ0v) is 42.9. The van der Waals surface area contributed by atoms with E-state index in [4.69, 9.17) is 28.4 Å². The first kappa shape index (κ1) is 63.8. The summed E-state index contributed by atoms with van der Waals surface area (Å²) in [5, 5.41) is 72.1. The van der Waals surface area contributed by atoms with E-state index in [0.717, 1.165) is 96.3 Å². The first-order chi connectivity index (χ1) is 34.5. The van der Waals surface area contributed by atoms with Crippen LogP contribution in [0.2, 0.25) is 0 Å². The van der Waals surface area contributed by atoms with Crippen molar-refractivity contribution in [2.24, 2.45) is 0 Å². The molecular weight excluding hydrogens is 913 g/mol. The van der Waals surface area contributed by atoms with Crippen LogP contribution in [0.15, 0.2) is 85.1 Å². The minimum absolute atomic E-state index is 0.136. The van der Waals surface area contributed by atoms with E-state index in [0.29, 0.717) is 12.8 Å². The summed E-state index contributed by atoms with van der Waals surface area (Å²) in [6.45, 7) is 2.30. The second kappa shape index (κ2) is 42.1. The number of rotatable bonds is 40. The third kappa shape index (κ3) is 29.8. The van der Waals surface area contributed by atoms with Gasteiger partial charge in [0.2, 0.25) is 0 Å². The lowest BCUT2D eigenvalue weighted by Gasteiger charge is -2.42. The minimum Gasteiger partial charge on any atom is -0.462 e. The average molecular weight is 1010 g/mol. The molecule has 7 N–H and O–H groups in total. The summed E-state index contributed by atoms with van der Waals surface area (Å²) in [5.74, 6) is -0.963. The van der Waals surface area contributed by atoms with E-state index in [1.807, 2.05) is 24.3 Å². The molecule has 0 radical (unpaired) electrons. The van der Waals surface area contributed by atoms with Gasteiger partial charge in [-0.05, 0) is 70.6 Å². The van der Waals surface area contributed by atoms with Gasteiger partial charge in [0.1, 0.15) is 55.4 Å². The van der Waals surface area contributed by atoms with Crippen LogP contribution >= 0.6 is 0 Å². The quantitative estimate of drug-likeness (QED) is 0.0134. The third-order valence-electron chi connectivity index (χ3n) is 12.2. The van der Waals surface area contributed by atoms with Crippen molar-refractivity contribution in [3.05, 3.63) is 85.1 Å². The monoisotopic (exact) mass is 1000 g/mol. The maximum absolute atomic E-state index is 13.0. The van der Waals surface area contributed by atoms with E-state index >= 15 is 0 Å². The Morgan fingerprint density at radius 1 is 0.465 bits per heavy atom. The number of hydrogen-bond acceptors (Lipinski definition) is 15. The molecule has 2 aliphatic rings. The van der Waals surface area contributed by atoms with E-state index in [1.165, 1.54) is 25.7 Å². The topological polar surface area (TPSA) is 231 Å². The molecule has 2 fully saturated rings. The molecule has 0 bridgehead atoms. The number of esters is 2. The van der Waals surface area contributed by atoms with Gasteiger partial charge in [0, 0.05) is 12.8 Å². The minimum atomic E-state index is -1.77. The SMILES string of the molecule is CC/C=C/C=C/C=C/CCCCCCCC(=O)OC(COC(=O)CCCCCCCCCCC/C=C/C/C=C/C/C=C/C/C=C/CC)CO[C@@H]1O[C@H](CO[C@@H]2O[C@H](CO)[C@H](O)C(O)C2O)[C@H](O)C(O)C1O. The summed E-state index contributed by atoms with van der Waals surface area (Å²) >= 11 is 0. The van der Waals surface area contributed by atoms with Crippen molar-refractivity contribution in [3.63, 3.8) is 0 Å². The molecule has 0 aromatic heterocycles. The van der Waals surface area contributed by atoms with Crippen molar-refractivity contribution >= 4 is 11.9 Å². The normalized spacial score (nSPS) is 25.9. The van der Waals surface area contributed by atoms with Crippen LogP contribution in [0.1, 0.15) is 162 Å². The molecule has 2 heterocycles. The highest BCUT2D eigenvalue weighted by Gasteiger charge is 2.47. The zero-order valence-electron chi connectivity index (χ0n) is 42.9. The van der Waals surface area contributed by atoms with Crippen LogP contribution in [0.25, 0.3) is 0 Å². The van der Waals surface area contributed by atoms with Gasteiger partial charge in [-0.1, -0.05) is 163 Å². The Morgan fingerprint density at radius 3 is 1.48 bits per heavy atom. The highest BCUT2D eigenvalue weighted by Crippen LogP contribution is 2.26. The number of aliphatic hydroxyl groups excluding tert-OH is 7. The fourth-order valence-corrected chi connectivity index (χ4v) is 7.85. The van der Waals surface area contributed by atoms with Gasteiger partial charge in [-0.25, -0.2) is 0 Å². The van der Waals surface area contributed by atoms with Gasteiger partial charge >= 0.3 is 11.9 Å². The van der Waals surface area contributed by atoms with Gasteiger partial charge in [-0.2, -0.15) is 0 Å². The molecule has 71 heavy (non-hydrogen) atoms. The molecule has 2 aliphatic heterocycles. The van der Waals surface area contributed by atoms with Crippen LogP contribution in [0.4, 0.5) is 0 Å². The Morgan fingerprint density at radius 2 is 0.915 bits per heavy atom. The summed E-state index contributed by atoms with van der Waals surface area (Å²) in [4.78, 5) is 25.8. The maximum Gasteiger partial charge on any atom is 0.306 e. The van der Waals surface area contributed by atoms with E-state index in [9.17, 15) is 45.3 Å². The molecule has 2 saturated heterocycles. The van der Waals surface area contributed by atoms with Crippen LogP contribution in [-0.2, 0) is 38.0 Å². The molecule has 15 nitrogen and oxygen atoms in total. The van der Waals surface area contributed by atoms with Gasteiger partial charge in [0.05, 0.1) is 19.8 Å². The summed E-state index contributed by atoms with van der Waals surface area (Å²) in [6.07, 6.45) is 34.7. The molecule has 11 atom stereocenters. The Bertz CT molecular complexity index is 1560. The van der Waals surface area contributed by atoms with E-state index in [-0.39, 0.29) is 19.4 Å². The number of unbranched alkanes of at least 4 members (excludes halogenated alkanes) is 14. The summed E-state index contributed by atoms with van der Waals surface area (Å²) < 4.78 is 33.6. The lowest BCUT2D eigenvalue weighted by Crippen LogP contribution is -2.61. The van der Waals surface area contributed by atoms with Crippen molar-refractivity contribution in [1.29, 1.82) is 0 Å². The highest BCUT2D eigenvalue weighted by molar-refractivity contribution is 5.70. The number of allylic oxidation sites excluding steroid dienone is 14. The first-order valence-corrected chi connectivity index (χ1v) is 26.7. The standard InChI is InChI=1S/C56H92O15/c1-3-5-7-9-11-13-15-17-18-19-20-21-22-23-24-25-27-28-30-32-34-36-38-47(58)66-41-44(69-48(59)39-37-35-33-31-29-26-16-14-12-10-8-6-4-2)42-67-55-54(65)52(63)50(61)46(71-55)43-68-56-53(64)51(62)49(60)45(40-57)70-56/h5-8,10-14,16-18,20-21,44-46,49-57,60-65H,3-4,9,15,19,22-43H2,1-2H3/b7-5+,8-6+,12-10+,13-11+,16-14+,18-17+,21-20+/t44?,45-,46-,49+,50+,51?,52?,53?,54?,55-,56-/m1/s1. The lowest BCUT2D eigenvalue weighted by molar-refractivity contribution is -0.332. The molecule has 0 aromatic rings. The van der Waals surface area contributed by atoms with Crippen molar-refractivity contribution in [2.45, 2.75) is 229 Å². The summed E-state index contributed by atoms with van der Waals surface area (Å²) in [5.41, 5.74) is 0. The van der Waals surface area contributed by atoms with Crippen LogP contribution in [0, 0.1) is 0 Å². The Balaban J connectivity index is 1.77. The predicted octanol–water partition coefficient (Wildman–Crippen LogP) is 7.99. The van der Waals surface area contributed by atoms with Gasteiger partial charge in [0.15, 0.2) is 18.7 Å². The molecule has 0 spiro atoms. The van der Waals surface area contributed by atoms with E-state index in [1.54, 1.807) is 0 Å². The number of carbonyl (C=O) groups excluding carboxylic acids is 2. The Kier molecular flexibility index (Phi) is 37.8. The second-order valence-corrected chi connectivity index (χ2v) is 18.4. The van der Waals surface area contributed by atoms with Gasteiger partial charge in [0.25, 0.3) is 0 Å². The molecule has 406 valence electrons. The predicted molar refractivity (Wildman–Crippen MR) is 275 cm³/mol. The molecule has 0 amide bonds. The van der Waals surface area contributed by atoms with Crippen molar-refractivity contribution < 1.29 is 73.8 Å². The Labute approximate surface area is 425 Å². The van der Waals surface area contributed by atoms with Crippen molar-refractivity contribution in [3.8, 4) is 0 Å². The zero-order chi connectivity index (χ0) is 51.7. The number of carbonyl (C=O) groups is 2. The lowest BCUT2D eigenvalue weighted by atomic mass is 9.98. The molecule has 0 saturated carbocycles.